The van der Waals surface area contributed by atoms with E-state index in [4.69, 9.17) is 18.6 Å². The number of hydrogen-bond acceptors (Lipinski definition) is 7. The molecule has 0 spiro atoms. The highest BCUT2D eigenvalue weighted by Crippen LogP contribution is 2.33. The lowest BCUT2D eigenvalue weighted by molar-refractivity contribution is -0.139. The summed E-state index contributed by atoms with van der Waals surface area (Å²) in [6.45, 7) is 7.49. The van der Waals surface area contributed by atoms with Gasteiger partial charge in [0.15, 0.2) is 0 Å². The molecule has 0 aliphatic carbocycles. The van der Waals surface area contributed by atoms with Crippen LogP contribution in [0.15, 0.2) is 39.5 Å². The molecular formula is C25H27NO7. The van der Waals surface area contributed by atoms with Crippen LogP contribution in [-0.2, 0) is 9.53 Å². The Morgan fingerprint density at radius 3 is 2.52 bits per heavy atom. The van der Waals surface area contributed by atoms with Crippen molar-refractivity contribution in [3.8, 4) is 11.5 Å². The van der Waals surface area contributed by atoms with Gasteiger partial charge in [-0.2, -0.15) is 0 Å². The SMILES string of the molecule is COc1ccc2c(c1)c(=O)oc1c(C)c(OC(=O)[C@@H]3CCCN3C(=O)OC(C)(C)C)ccc12. The molecule has 3 aromatic rings. The molecule has 4 rings (SSSR count). The van der Waals surface area contributed by atoms with Gasteiger partial charge < -0.3 is 18.6 Å². The maximum absolute atomic E-state index is 13.0. The van der Waals surface area contributed by atoms with Crippen molar-refractivity contribution >= 4 is 33.8 Å². The number of fused-ring (bicyclic) bond motifs is 3. The maximum atomic E-state index is 13.0. The van der Waals surface area contributed by atoms with Crippen molar-refractivity contribution in [2.75, 3.05) is 13.7 Å². The normalized spacial score (nSPS) is 16.3. The first-order valence-electron chi connectivity index (χ1n) is 10.8. The number of rotatable bonds is 3. The molecule has 0 N–H and O–H groups in total. The molecule has 8 nitrogen and oxygen atoms in total. The first-order chi connectivity index (χ1) is 15.6. The van der Waals surface area contributed by atoms with Gasteiger partial charge in [0.25, 0.3) is 0 Å². The molecule has 174 valence electrons. The van der Waals surface area contributed by atoms with Crippen LogP contribution in [0.3, 0.4) is 0 Å². The molecule has 1 amide bonds. The molecule has 33 heavy (non-hydrogen) atoms. The molecule has 1 aliphatic rings. The lowest BCUT2D eigenvalue weighted by atomic mass is 10.0. The summed E-state index contributed by atoms with van der Waals surface area (Å²) in [6, 6.07) is 7.90. The van der Waals surface area contributed by atoms with Crippen LogP contribution in [0.2, 0.25) is 0 Å². The van der Waals surface area contributed by atoms with Gasteiger partial charge in [0.2, 0.25) is 0 Å². The van der Waals surface area contributed by atoms with E-state index in [1.807, 2.05) is 0 Å². The summed E-state index contributed by atoms with van der Waals surface area (Å²) >= 11 is 0. The Labute approximate surface area is 191 Å². The summed E-state index contributed by atoms with van der Waals surface area (Å²) < 4.78 is 21.9. The summed E-state index contributed by atoms with van der Waals surface area (Å²) in [5.41, 5.74) is -0.293. The number of esters is 1. The number of likely N-dealkylation sites (tertiary alicyclic amines) is 1. The molecule has 0 unspecified atom stereocenters. The Morgan fingerprint density at radius 2 is 1.82 bits per heavy atom. The van der Waals surface area contributed by atoms with E-state index in [0.29, 0.717) is 41.7 Å². The van der Waals surface area contributed by atoms with E-state index in [2.05, 4.69) is 0 Å². The number of aryl methyl sites for hydroxylation is 1. The van der Waals surface area contributed by atoms with Crippen LogP contribution in [0.5, 0.6) is 11.5 Å². The monoisotopic (exact) mass is 453 g/mol. The molecule has 1 aliphatic heterocycles. The Bertz CT molecular complexity index is 1300. The van der Waals surface area contributed by atoms with E-state index in [0.717, 1.165) is 10.8 Å². The quantitative estimate of drug-likeness (QED) is 0.248. The van der Waals surface area contributed by atoms with Gasteiger partial charge in [0.1, 0.15) is 28.7 Å². The number of amides is 1. The zero-order valence-electron chi connectivity index (χ0n) is 19.4. The van der Waals surface area contributed by atoms with Gasteiger partial charge in [-0.15, -0.1) is 0 Å². The number of hydrogen-bond donors (Lipinski definition) is 0. The highest BCUT2D eigenvalue weighted by Gasteiger charge is 2.38. The van der Waals surface area contributed by atoms with Crippen LogP contribution in [-0.4, -0.2) is 42.3 Å². The lowest BCUT2D eigenvalue weighted by Gasteiger charge is -2.27. The van der Waals surface area contributed by atoms with E-state index in [9.17, 15) is 14.4 Å². The maximum Gasteiger partial charge on any atom is 0.411 e. The summed E-state index contributed by atoms with van der Waals surface area (Å²) in [6.07, 6.45) is 0.636. The van der Waals surface area contributed by atoms with Crippen LogP contribution in [0, 0.1) is 6.92 Å². The molecule has 2 heterocycles. The molecule has 1 fully saturated rings. The minimum Gasteiger partial charge on any atom is -0.497 e. The number of ether oxygens (including phenoxy) is 3. The third kappa shape index (κ3) is 4.37. The fourth-order valence-corrected chi connectivity index (χ4v) is 4.06. The van der Waals surface area contributed by atoms with Gasteiger partial charge in [0, 0.05) is 22.9 Å². The predicted molar refractivity (Wildman–Crippen MR) is 123 cm³/mol. The van der Waals surface area contributed by atoms with E-state index in [1.54, 1.807) is 58.0 Å². The van der Waals surface area contributed by atoms with Gasteiger partial charge in [0.05, 0.1) is 12.5 Å². The van der Waals surface area contributed by atoms with E-state index in [1.165, 1.54) is 12.0 Å². The van der Waals surface area contributed by atoms with Gasteiger partial charge in [-0.1, -0.05) is 0 Å². The molecule has 0 bridgehead atoms. The number of methoxy groups -OCH3 is 1. The van der Waals surface area contributed by atoms with Crippen molar-refractivity contribution in [2.45, 2.75) is 52.2 Å². The fraction of sp³-hybridized carbons (Fsp3) is 0.400. The highest BCUT2D eigenvalue weighted by molar-refractivity contribution is 6.06. The third-order valence-corrected chi connectivity index (χ3v) is 5.65. The fourth-order valence-electron chi connectivity index (χ4n) is 4.06. The minimum atomic E-state index is -0.731. The van der Waals surface area contributed by atoms with Gasteiger partial charge in [-0.05, 0) is 70.9 Å². The van der Waals surface area contributed by atoms with Crippen molar-refractivity contribution in [3.63, 3.8) is 0 Å². The Kier molecular flexibility index (Phi) is 5.78. The Balaban J connectivity index is 1.64. The smallest absolute Gasteiger partial charge is 0.411 e. The summed E-state index contributed by atoms with van der Waals surface area (Å²) in [7, 11) is 1.53. The van der Waals surface area contributed by atoms with Crippen LogP contribution >= 0.6 is 0 Å². The average Bonchev–Trinajstić information content (AvgIpc) is 3.25. The molecule has 1 atom stereocenters. The summed E-state index contributed by atoms with van der Waals surface area (Å²) in [5.74, 6) is 0.288. The van der Waals surface area contributed by atoms with Crippen molar-refractivity contribution in [2.24, 2.45) is 0 Å². The first kappa shape index (κ1) is 22.6. The number of benzene rings is 2. The number of carbonyl (C=O) groups is 2. The second-order valence-electron chi connectivity index (χ2n) is 9.12. The van der Waals surface area contributed by atoms with Crippen LogP contribution in [0.4, 0.5) is 4.79 Å². The van der Waals surface area contributed by atoms with Crippen molar-refractivity contribution in [1.29, 1.82) is 0 Å². The zero-order chi connectivity index (χ0) is 23.9. The molecule has 1 aromatic heterocycles. The number of carbonyl (C=O) groups excluding carboxylic acids is 2. The molecule has 0 saturated carbocycles. The van der Waals surface area contributed by atoms with E-state index in [-0.39, 0.29) is 5.75 Å². The van der Waals surface area contributed by atoms with E-state index >= 15 is 0 Å². The third-order valence-electron chi connectivity index (χ3n) is 5.65. The summed E-state index contributed by atoms with van der Waals surface area (Å²) in [4.78, 5) is 39.5. The van der Waals surface area contributed by atoms with Crippen molar-refractivity contribution < 1.29 is 28.2 Å². The first-order valence-corrected chi connectivity index (χ1v) is 10.8. The number of nitrogens with zero attached hydrogens (tertiary/aromatic N) is 1. The second-order valence-corrected chi connectivity index (χ2v) is 9.12. The van der Waals surface area contributed by atoms with Crippen molar-refractivity contribution in [3.05, 3.63) is 46.3 Å². The van der Waals surface area contributed by atoms with Gasteiger partial charge in [-0.25, -0.2) is 14.4 Å². The second kappa shape index (κ2) is 8.42. The molecule has 8 heteroatoms. The topological polar surface area (TPSA) is 95.3 Å². The molecule has 1 saturated heterocycles. The predicted octanol–water partition coefficient (Wildman–Crippen LogP) is 4.57. The Morgan fingerprint density at radius 1 is 1.09 bits per heavy atom. The average molecular weight is 453 g/mol. The van der Waals surface area contributed by atoms with Gasteiger partial charge in [-0.3, -0.25) is 4.90 Å². The minimum absolute atomic E-state index is 0.277. The zero-order valence-corrected chi connectivity index (χ0v) is 19.4. The summed E-state index contributed by atoms with van der Waals surface area (Å²) in [5, 5.41) is 1.85. The van der Waals surface area contributed by atoms with E-state index < -0.39 is 29.3 Å². The lowest BCUT2D eigenvalue weighted by Crippen LogP contribution is -2.44. The van der Waals surface area contributed by atoms with Crippen LogP contribution in [0.25, 0.3) is 21.7 Å². The molecular weight excluding hydrogens is 426 g/mol. The molecule has 0 radical (unpaired) electrons. The van der Waals surface area contributed by atoms with Crippen molar-refractivity contribution in [1.82, 2.24) is 4.90 Å². The largest absolute Gasteiger partial charge is 0.497 e. The van der Waals surface area contributed by atoms with Crippen LogP contribution < -0.4 is 15.1 Å². The van der Waals surface area contributed by atoms with Gasteiger partial charge >= 0.3 is 17.7 Å². The molecule has 2 aromatic carbocycles. The Hall–Kier alpha value is -3.55. The standard InChI is InChI=1S/C25H27NO7/c1-14-20(31-23(28)19-7-6-12-26(19)24(29)33-25(2,3)4)11-10-17-16-9-8-15(30-5)13-18(16)22(27)32-21(14)17/h8-11,13,19H,6-7,12H2,1-5H3/t19-/m0/s1. The highest BCUT2D eigenvalue weighted by atomic mass is 16.6. The van der Waals surface area contributed by atoms with Crippen LogP contribution in [0.1, 0.15) is 39.2 Å².